The van der Waals surface area contributed by atoms with Gasteiger partial charge in [-0.3, -0.25) is 4.79 Å². The highest BCUT2D eigenvalue weighted by molar-refractivity contribution is 6.81. The first kappa shape index (κ1) is 30.2. The lowest BCUT2D eigenvalue weighted by atomic mass is 9.58. The normalized spacial score (nSPS) is 16.8. The minimum Gasteiger partial charge on any atom is -0.468 e. The van der Waals surface area contributed by atoms with Gasteiger partial charge in [0, 0.05) is 23.3 Å². The average Bonchev–Trinajstić information content (AvgIpc) is 3.52. The summed E-state index contributed by atoms with van der Waals surface area (Å²) in [4.78, 5) is 16.3. The standard InChI is InChI=1S/C41H43BN2O2/c1-5-6-9-22-33-28(2)34-25-41(40(45)46-4,32-20-12-8-13-21-32)26-35(34)29(3)39(33)42-43-36-23-14-18-31-19-15-24-37(38(31)36)44(42)27-30-16-10-7-11-17-30/h7-8,10-21,23-24,43H,5-6,9,22,25-27H2,1-4H3/t41-/m0/s1. The van der Waals surface area contributed by atoms with Gasteiger partial charge in [0.25, 0.3) is 0 Å². The molecule has 0 saturated heterocycles. The predicted octanol–water partition coefficient (Wildman–Crippen LogP) is 8.23. The number of nitrogens with one attached hydrogen (secondary N) is 1. The van der Waals surface area contributed by atoms with E-state index in [2.05, 4.69) is 110 Å². The number of esters is 1. The molecule has 7 rings (SSSR count). The quantitative estimate of drug-likeness (QED) is 0.104. The molecule has 0 aromatic heterocycles. The lowest BCUT2D eigenvalue weighted by Gasteiger charge is -2.40. The zero-order valence-corrected chi connectivity index (χ0v) is 27.5. The third-order valence-corrected chi connectivity index (χ3v) is 10.6. The number of carbonyl (C=O) groups excluding carboxylic acids is 1. The molecule has 46 heavy (non-hydrogen) atoms. The Morgan fingerprint density at radius 1 is 0.848 bits per heavy atom. The van der Waals surface area contributed by atoms with Gasteiger partial charge in [-0.25, -0.2) is 0 Å². The molecule has 0 unspecified atom stereocenters. The van der Waals surface area contributed by atoms with Crippen molar-refractivity contribution in [2.45, 2.75) is 71.3 Å². The van der Waals surface area contributed by atoms with Crippen LogP contribution in [0.25, 0.3) is 10.8 Å². The number of hydrogen-bond donors (Lipinski definition) is 1. The maximum atomic E-state index is 13.8. The van der Waals surface area contributed by atoms with E-state index >= 15 is 0 Å². The monoisotopic (exact) mass is 606 g/mol. The van der Waals surface area contributed by atoms with Crippen LogP contribution in [0.5, 0.6) is 0 Å². The molecule has 5 aromatic rings. The van der Waals surface area contributed by atoms with E-state index in [1.807, 2.05) is 18.2 Å². The van der Waals surface area contributed by atoms with Gasteiger partial charge in [0.15, 0.2) is 0 Å². The fraction of sp³-hybridized carbons (Fsp3) is 0.293. The number of nitrogens with zero attached hydrogens (tertiary/aromatic N) is 1. The molecule has 1 aliphatic carbocycles. The first-order chi connectivity index (χ1) is 22.5. The number of benzene rings is 5. The fourth-order valence-corrected chi connectivity index (χ4v) is 8.26. The highest BCUT2D eigenvalue weighted by Gasteiger charge is 2.49. The highest BCUT2D eigenvalue weighted by Crippen LogP contribution is 2.45. The van der Waals surface area contributed by atoms with E-state index in [4.69, 9.17) is 4.74 Å². The Balaban J connectivity index is 1.44. The molecule has 5 heteroatoms. The van der Waals surface area contributed by atoms with Crippen LogP contribution in [0.3, 0.4) is 0 Å². The second-order valence-electron chi connectivity index (χ2n) is 13.2. The van der Waals surface area contributed by atoms with E-state index in [9.17, 15) is 4.79 Å². The Bertz CT molecular complexity index is 1900. The Morgan fingerprint density at radius 2 is 1.52 bits per heavy atom. The van der Waals surface area contributed by atoms with Crippen molar-refractivity contribution in [2.24, 2.45) is 0 Å². The molecule has 1 aliphatic heterocycles. The molecule has 0 fully saturated rings. The third kappa shape index (κ3) is 4.97. The van der Waals surface area contributed by atoms with Gasteiger partial charge in [0.05, 0.1) is 7.11 Å². The SMILES string of the molecule is CCCCCc1c(C)c2c(c(C)c1B1Nc3cccc4cccc(c34)N1Cc1ccccc1)C[C@](C(=O)OC)(c1ccccc1)C2. The van der Waals surface area contributed by atoms with Gasteiger partial charge in [-0.1, -0.05) is 105 Å². The van der Waals surface area contributed by atoms with Gasteiger partial charge in [-0.05, 0) is 101 Å². The molecule has 4 nitrogen and oxygen atoms in total. The summed E-state index contributed by atoms with van der Waals surface area (Å²) in [6.07, 6.45) is 5.84. The van der Waals surface area contributed by atoms with E-state index in [0.29, 0.717) is 12.8 Å². The molecule has 1 N–H and O–H groups in total. The van der Waals surface area contributed by atoms with Crippen molar-refractivity contribution in [3.8, 4) is 0 Å². The summed E-state index contributed by atoms with van der Waals surface area (Å²) in [5.41, 5.74) is 12.1. The summed E-state index contributed by atoms with van der Waals surface area (Å²) in [6.45, 7) is 7.60. The maximum absolute atomic E-state index is 13.8. The first-order valence-corrected chi connectivity index (χ1v) is 16.8. The highest BCUT2D eigenvalue weighted by atomic mass is 16.5. The number of anilines is 2. The van der Waals surface area contributed by atoms with Crippen molar-refractivity contribution in [3.05, 3.63) is 136 Å². The molecular formula is C41H43BN2O2. The summed E-state index contributed by atoms with van der Waals surface area (Å²) >= 11 is 0. The van der Waals surface area contributed by atoms with Gasteiger partial charge in [-0.15, -0.1) is 0 Å². The van der Waals surface area contributed by atoms with Crippen LogP contribution in [0.1, 0.15) is 65.1 Å². The summed E-state index contributed by atoms with van der Waals surface area (Å²) in [6, 6.07) is 34.4. The number of ether oxygens (including phenoxy) is 1. The van der Waals surface area contributed by atoms with Crippen molar-refractivity contribution >= 4 is 40.6 Å². The van der Waals surface area contributed by atoms with Crippen LogP contribution in [0.15, 0.2) is 97.1 Å². The van der Waals surface area contributed by atoms with Gasteiger partial charge < -0.3 is 14.8 Å². The minimum absolute atomic E-state index is 0.0637. The van der Waals surface area contributed by atoms with E-state index < -0.39 is 5.41 Å². The average molecular weight is 607 g/mol. The largest absolute Gasteiger partial charge is 0.468 e. The van der Waals surface area contributed by atoms with Crippen LogP contribution in [0.2, 0.25) is 0 Å². The van der Waals surface area contributed by atoms with Crippen LogP contribution >= 0.6 is 0 Å². The summed E-state index contributed by atoms with van der Waals surface area (Å²) in [5, 5.41) is 6.58. The van der Waals surface area contributed by atoms with E-state index in [1.54, 1.807) is 0 Å². The topological polar surface area (TPSA) is 41.6 Å². The van der Waals surface area contributed by atoms with Crippen molar-refractivity contribution in [1.29, 1.82) is 0 Å². The van der Waals surface area contributed by atoms with Crippen molar-refractivity contribution in [3.63, 3.8) is 0 Å². The summed E-state index contributed by atoms with van der Waals surface area (Å²) in [7, 11) is 1.53. The van der Waals surface area contributed by atoms with Crippen LogP contribution in [-0.4, -0.2) is 20.1 Å². The van der Waals surface area contributed by atoms with Crippen LogP contribution in [0, 0.1) is 13.8 Å². The van der Waals surface area contributed by atoms with Crippen molar-refractivity contribution in [2.75, 3.05) is 17.1 Å². The molecule has 232 valence electrons. The summed E-state index contributed by atoms with van der Waals surface area (Å²) < 4.78 is 5.55. The number of methoxy groups -OCH3 is 1. The number of carbonyl (C=O) groups is 1. The van der Waals surface area contributed by atoms with Crippen molar-refractivity contribution in [1.82, 2.24) is 0 Å². The lowest BCUT2D eigenvalue weighted by molar-refractivity contribution is -0.147. The molecule has 5 aromatic carbocycles. The van der Waals surface area contributed by atoms with Crippen LogP contribution in [0.4, 0.5) is 11.4 Å². The van der Waals surface area contributed by atoms with Crippen LogP contribution < -0.4 is 15.5 Å². The lowest BCUT2D eigenvalue weighted by Crippen LogP contribution is -2.58. The summed E-state index contributed by atoms with van der Waals surface area (Å²) in [5.74, 6) is -0.148. The van der Waals surface area contributed by atoms with Gasteiger partial charge >= 0.3 is 13.0 Å². The zero-order valence-electron chi connectivity index (χ0n) is 27.5. The molecule has 1 heterocycles. The zero-order chi connectivity index (χ0) is 31.8. The number of hydrogen-bond acceptors (Lipinski definition) is 4. The van der Waals surface area contributed by atoms with Crippen LogP contribution in [-0.2, 0) is 40.8 Å². The second kappa shape index (κ2) is 12.4. The molecule has 0 bridgehead atoms. The maximum Gasteiger partial charge on any atom is 0.409 e. The molecular weight excluding hydrogens is 563 g/mol. The van der Waals surface area contributed by atoms with E-state index in [0.717, 1.165) is 24.9 Å². The van der Waals surface area contributed by atoms with Gasteiger partial charge in [-0.2, -0.15) is 0 Å². The smallest absolute Gasteiger partial charge is 0.409 e. The Labute approximate surface area is 273 Å². The molecule has 0 saturated carbocycles. The third-order valence-electron chi connectivity index (χ3n) is 10.6. The Kier molecular flexibility index (Phi) is 8.10. The fourth-order valence-electron chi connectivity index (χ4n) is 8.26. The second-order valence-corrected chi connectivity index (χ2v) is 13.2. The predicted molar refractivity (Wildman–Crippen MR) is 192 cm³/mol. The number of unbranched alkanes of at least 4 members (excludes halogenated alkanes) is 2. The molecule has 2 aliphatic rings. The molecule has 1 atom stereocenters. The molecule has 0 amide bonds. The van der Waals surface area contributed by atoms with E-state index in [-0.39, 0.29) is 13.0 Å². The molecule has 0 radical (unpaired) electrons. The first-order valence-electron chi connectivity index (χ1n) is 16.8. The van der Waals surface area contributed by atoms with Gasteiger partial charge in [0.1, 0.15) is 5.41 Å². The Hall–Kier alpha value is -4.51. The Morgan fingerprint density at radius 3 is 2.22 bits per heavy atom. The minimum atomic E-state index is -0.727. The van der Waals surface area contributed by atoms with Crippen molar-refractivity contribution < 1.29 is 9.53 Å². The number of fused-ring (bicyclic) bond motifs is 1. The van der Waals surface area contributed by atoms with E-state index in [1.165, 1.54) is 80.9 Å². The molecule has 0 spiro atoms. The van der Waals surface area contributed by atoms with Gasteiger partial charge in [0.2, 0.25) is 0 Å². The number of rotatable bonds is 9.